The van der Waals surface area contributed by atoms with E-state index in [1.165, 1.54) is 30.0 Å². The molecule has 1 fully saturated rings. The highest BCUT2D eigenvalue weighted by Gasteiger charge is 2.43. The number of rotatable bonds is 3. The number of hydrogen-bond donors (Lipinski definition) is 3. The third kappa shape index (κ3) is 2.43. The van der Waals surface area contributed by atoms with E-state index in [0.717, 1.165) is 0 Å². The summed E-state index contributed by atoms with van der Waals surface area (Å²) in [6.45, 7) is 0. The van der Waals surface area contributed by atoms with Crippen LogP contribution in [-0.4, -0.2) is 39.1 Å². The average Bonchev–Trinajstić information content (AvgIpc) is 2.79. The number of thioether (sulfide) groups is 1. The summed E-state index contributed by atoms with van der Waals surface area (Å²) in [6.07, 6.45) is 0.414. The van der Waals surface area contributed by atoms with Gasteiger partial charge in [0.15, 0.2) is 0 Å². The Balaban J connectivity index is 2.18. The summed E-state index contributed by atoms with van der Waals surface area (Å²) < 4.78 is 0. The zero-order valence-electron chi connectivity index (χ0n) is 9.55. The number of nitrogens with one attached hydrogen (secondary N) is 1. The lowest BCUT2D eigenvalue weighted by molar-refractivity contribution is -0.143. The Kier molecular flexibility index (Phi) is 3.47. The zero-order valence-corrected chi connectivity index (χ0v) is 10.4. The van der Waals surface area contributed by atoms with E-state index < -0.39 is 17.4 Å². The van der Waals surface area contributed by atoms with Crippen LogP contribution in [0.25, 0.3) is 0 Å². The molecule has 0 radical (unpaired) electrons. The predicted octanol–water partition coefficient (Wildman–Crippen LogP) is 1.08. The van der Waals surface area contributed by atoms with Gasteiger partial charge in [-0.3, -0.25) is 4.79 Å². The van der Waals surface area contributed by atoms with Crippen molar-refractivity contribution in [2.24, 2.45) is 0 Å². The molecule has 1 unspecified atom stereocenters. The Morgan fingerprint density at radius 3 is 2.72 bits per heavy atom. The van der Waals surface area contributed by atoms with Crippen LogP contribution < -0.4 is 5.32 Å². The van der Waals surface area contributed by atoms with Gasteiger partial charge in [-0.05, 0) is 30.4 Å². The fourth-order valence-corrected chi connectivity index (χ4v) is 3.15. The van der Waals surface area contributed by atoms with Gasteiger partial charge in [-0.25, -0.2) is 4.79 Å². The summed E-state index contributed by atoms with van der Waals surface area (Å²) in [6, 6.07) is 5.84. The largest absolute Gasteiger partial charge is 0.508 e. The first-order chi connectivity index (χ1) is 8.53. The summed E-state index contributed by atoms with van der Waals surface area (Å²) in [5.74, 6) is -0.427. The Morgan fingerprint density at radius 1 is 1.39 bits per heavy atom. The summed E-state index contributed by atoms with van der Waals surface area (Å²) in [7, 11) is 0. The average molecular weight is 267 g/mol. The van der Waals surface area contributed by atoms with Gasteiger partial charge in [0.1, 0.15) is 11.3 Å². The van der Waals surface area contributed by atoms with Crippen LogP contribution in [0.1, 0.15) is 16.8 Å². The lowest BCUT2D eigenvalue weighted by Crippen LogP contribution is -2.54. The summed E-state index contributed by atoms with van der Waals surface area (Å²) in [5.41, 5.74) is -0.930. The smallest absolute Gasteiger partial charge is 0.330 e. The van der Waals surface area contributed by atoms with Crippen molar-refractivity contribution in [3.05, 3.63) is 29.8 Å². The van der Waals surface area contributed by atoms with Crippen molar-refractivity contribution in [1.82, 2.24) is 5.32 Å². The summed E-state index contributed by atoms with van der Waals surface area (Å²) in [4.78, 5) is 23.2. The van der Waals surface area contributed by atoms with Crippen LogP contribution in [0.15, 0.2) is 24.3 Å². The predicted molar refractivity (Wildman–Crippen MR) is 67.9 cm³/mol. The molecule has 0 spiro atoms. The third-order valence-corrected chi connectivity index (χ3v) is 4.08. The number of amides is 1. The summed E-state index contributed by atoms with van der Waals surface area (Å²) in [5, 5.41) is 21.1. The van der Waals surface area contributed by atoms with Crippen LogP contribution in [0, 0.1) is 0 Å². The normalized spacial score (nSPS) is 22.7. The van der Waals surface area contributed by atoms with Crippen LogP contribution in [0.2, 0.25) is 0 Å². The van der Waals surface area contributed by atoms with Gasteiger partial charge < -0.3 is 15.5 Å². The second-order valence-corrected chi connectivity index (χ2v) is 5.30. The van der Waals surface area contributed by atoms with Crippen LogP contribution in [0.3, 0.4) is 0 Å². The molecule has 5 nitrogen and oxygen atoms in total. The molecule has 1 aromatic rings. The minimum atomic E-state index is -1.19. The molecule has 0 aromatic heterocycles. The van der Waals surface area contributed by atoms with Gasteiger partial charge >= 0.3 is 5.97 Å². The van der Waals surface area contributed by atoms with E-state index in [4.69, 9.17) is 0 Å². The first-order valence-electron chi connectivity index (χ1n) is 5.46. The number of benzene rings is 1. The van der Waals surface area contributed by atoms with E-state index in [9.17, 15) is 19.8 Å². The monoisotopic (exact) mass is 267 g/mol. The molecule has 18 heavy (non-hydrogen) atoms. The molecule has 3 N–H and O–H groups in total. The van der Waals surface area contributed by atoms with Gasteiger partial charge in [-0.15, -0.1) is 0 Å². The molecule has 1 amide bonds. The van der Waals surface area contributed by atoms with Crippen molar-refractivity contribution in [2.45, 2.75) is 12.0 Å². The molecule has 1 saturated heterocycles. The van der Waals surface area contributed by atoms with Crippen molar-refractivity contribution in [1.29, 1.82) is 0 Å². The quantitative estimate of drug-likeness (QED) is 0.763. The number of hydrogen-bond acceptors (Lipinski definition) is 4. The topological polar surface area (TPSA) is 86.6 Å². The molecular formula is C12H13NO4S. The van der Waals surface area contributed by atoms with Gasteiger partial charge in [0.05, 0.1) is 0 Å². The number of carbonyl (C=O) groups is 2. The first-order valence-corrected chi connectivity index (χ1v) is 6.62. The molecule has 0 aliphatic carbocycles. The molecule has 1 aliphatic rings. The molecule has 96 valence electrons. The van der Waals surface area contributed by atoms with Crippen molar-refractivity contribution in [3.63, 3.8) is 0 Å². The van der Waals surface area contributed by atoms with Crippen LogP contribution >= 0.6 is 11.8 Å². The van der Waals surface area contributed by atoms with Crippen molar-refractivity contribution < 1.29 is 19.8 Å². The standard InChI is InChI=1S/C12H13NO4S/c14-9-3-1-2-8(6-9)10(15)13-12(11(16)17)4-5-18-7-12/h1-3,6,14H,4-5,7H2,(H,13,15)(H,16,17). The number of phenols is 1. The van der Waals surface area contributed by atoms with E-state index in [0.29, 0.717) is 17.9 Å². The minimum Gasteiger partial charge on any atom is -0.508 e. The second-order valence-electron chi connectivity index (χ2n) is 4.19. The lowest BCUT2D eigenvalue weighted by atomic mass is 9.98. The van der Waals surface area contributed by atoms with Crippen molar-refractivity contribution >= 4 is 23.6 Å². The Morgan fingerprint density at radius 2 is 2.17 bits per heavy atom. The van der Waals surface area contributed by atoms with Crippen LogP contribution in [0.4, 0.5) is 0 Å². The minimum absolute atomic E-state index is 0.0205. The fraction of sp³-hybridized carbons (Fsp3) is 0.333. The lowest BCUT2D eigenvalue weighted by Gasteiger charge is -2.24. The van der Waals surface area contributed by atoms with Crippen molar-refractivity contribution in [3.8, 4) is 5.75 Å². The molecule has 1 atom stereocenters. The third-order valence-electron chi connectivity index (χ3n) is 2.89. The molecule has 6 heteroatoms. The number of phenolic OH excluding ortho intramolecular Hbond substituents is 1. The second kappa shape index (κ2) is 4.89. The highest BCUT2D eigenvalue weighted by atomic mass is 32.2. The van der Waals surface area contributed by atoms with Gasteiger partial charge in [0.2, 0.25) is 0 Å². The maximum atomic E-state index is 12.0. The maximum Gasteiger partial charge on any atom is 0.330 e. The van der Waals surface area contributed by atoms with Gasteiger partial charge in [0.25, 0.3) is 5.91 Å². The molecule has 1 aliphatic heterocycles. The first kappa shape index (κ1) is 12.8. The number of carbonyl (C=O) groups excluding carboxylic acids is 1. The Hall–Kier alpha value is -1.69. The highest BCUT2D eigenvalue weighted by molar-refractivity contribution is 7.99. The maximum absolute atomic E-state index is 12.0. The van der Waals surface area contributed by atoms with Gasteiger partial charge in [0, 0.05) is 11.3 Å². The highest BCUT2D eigenvalue weighted by Crippen LogP contribution is 2.28. The van der Waals surface area contributed by atoms with E-state index in [1.54, 1.807) is 6.07 Å². The Labute approximate surface area is 108 Å². The number of aliphatic carboxylic acids is 1. The molecule has 1 aromatic carbocycles. The van der Waals surface area contributed by atoms with E-state index in [1.807, 2.05) is 0 Å². The van der Waals surface area contributed by atoms with Crippen LogP contribution in [-0.2, 0) is 4.79 Å². The molecule has 2 rings (SSSR count). The van der Waals surface area contributed by atoms with E-state index >= 15 is 0 Å². The number of carboxylic acid groups (broad SMARTS) is 1. The Bertz CT molecular complexity index is 483. The van der Waals surface area contributed by atoms with Crippen molar-refractivity contribution in [2.75, 3.05) is 11.5 Å². The zero-order chi connectivity index (χ0) is 13.2. The fourth-order valence-electron chi connectivity index (χ4n) is 1.82. The number of carboxylic acids is 1. The van der Waals surface area contributed by atoms with Gasteiger partial charge in [-0.1, -0.05) is 6.07 Å². The molecule has 1 heterocycles. The molecular weight excluding hydrogens is 254 g/mol. The van der Waals surface area contributed by atoms with E-state index in [-0.39, 0.29) is 11.3 Å². The number of aromatic hydroxyl groups is 1. The SMILES string of the molecule is O=C(NC1(C(=O)O)CCSC1)c1cccc(O)c1. The molecule has 0 bridgehead atoms. The van der Waals surface area contributed by atoms with Crippen LogP contribution in [0.5, 0.6) is 5.75 Å². The van der Waals surface area contributed by atoms with E-state index in [2.05, 4.69) is 5.32 Å². The summed E-state index contributed by atoms with van der Waals surface area (Å²) >= 11 is 1.50. The molecule has 0 saturated carbocycles. The van der Waals surface area contributed by atoms with Gasteiger partial charge in [-0.2, -0.15) is 11.8 Å².